The lowest BCUT2D eigenvalue weighted by molar-refractivity contribution is -0.184. The zero-order chi connectivity index (χ0) is 30.6. The fourth-order valence-electron chi connectivity index (χ4n) is 10.5. The molecule has 0 saturated heterocycles. The summed E-state index contributed by atoms with van der Waals surface area (Å²) in [5, 5.41) is 22.3. The third-order valence-corrected chi connectivity index (χ3v) is 13.0. The Morgan fingerprint density at radius 1 is 1.07 bits per heavy atom. The van der Waals surface area contributed by atoms with Gasteiger partial charge in [-0.1, -0.05) is 40.2 Å². The molecule has 0 unspecified atom stereocenters. The summed E-state index contributed by atoms with van der Waals surface area (Å²) in [7, 11) is 0. The molecule has 5 rings (SSSR count). The highest BCUT2D eigenvalue weighted by Gasteiger charge is 2.71. The number of carbonyl (C=O) groups excluding carboxylic acids is 2. The molecule has 5 nitrogen and oxygen atoms in total. The highest BCUT2D eigenvalue weighted by Crippen LogP contribution is 2.74. The van der Waals surface area contributed by atoms with E-state index in [0.717, 1.165) is 12.0 Å². The van der Waals surface area contributed by atoms with E-state index >= 15 is 0 Å². The number of hydrogen-bond donors (Lipinski definition) is 2. The van der Waals surface area contributed by atoms with Gasteiger partial charge in [0.15, 0.2) is 5.78 Å². The van der Waals surface area contributed by atoms with E-state index in [2.05, 4.69) is 32.5 Å². The molecule has 0 radical (unpaired) electrons. The van der Waals surface area contributed by atoms with Crippen molar-refractivity contribution >= 4 is 11.6 Å². The van der Waals surface area contributed by atoms with Crippen LogP contribution < -0.4 is 0 Å². The standard InChI is InChI=1S/C33H44F3NO4/c1-27(2)12-14-32(24(39)9-11-33(34,35)36)15-13-30(5)25(19(32)17-27)21(38)16-23-28(3)18-20(37-7)26(40)31(6,41)22(28)8-10-29(23,30)4/h16,19,22,25,40-41H,8-15,17-18H2,1-6H3/t19-,22+,25-,28-,29+,30+,31-,32-/m0/s1. The molecular formula is C33H44F3NO4. The maximum Gasteiger partial charge on any atom is 0.389 e. The second-order valence-corrected chi connectivity index (χ2v) is 15.6. The Hall–Kier alpha value is -2.14. The molecule has 41 heavy (non-hydrogen) atoms. The number of aliphatic hydroxyl groups is 2. The van der Waals surface area contributed by atoms with Gasteiger partial charge in [-0.2, -0.15) is 13.2 Å². The Kier molecular flexibility index (Phi) is 6.61. The lowest BCUT2D eigenvalue weighted by Crippen LogP contribution is -2.66. The highest BCUT2D eigenvalue weighted by atomic mass is 19.4. The zero-order valence-electron chi connectivity index (χ0n) is 25.2. The molecule has 226 valence electrons. The molecule has 8 atom stereocenters. The van der Waals surface area contributed by atoms with E-state index in [0.29, 0.717) is 38.5 Å². The predicted molar refractivity (Wildman–Crippen MR) is 148 cm³/mol. The molecule has 5 aliphatic rings. The molecule has 3 fully saturated rings. The van der Waals surface area contributed by atoms with Crippen molar-refractivity contribution < 1.29 is 33.0 Å². The van der Waals surface area contributed by atoms with Crippen LogP contribution in [0.5, 0.6) is 0 Å². The van der Waals surface area contributed by atoms with Crippen molar-refractivity contribution in [3.05, 3.63) is 34.5 Å². The Bertz CT molecular complexity index is 1290. The molecule has 3 saturated carbocycles. The molecule has 0 aliphatic heterocycles. The molecular weight excluding hydrogens is 531 g/mol. The quantitative estimate of drug-likeness (QED) is 0.335. The summed E-state index contributed by atoms with van der Waals surface area (Å²) in [4.78, 5) is 31.7. The van der Waals surface area contributed by atoms with Crippen LogP contribution in [-0.4, -0.2) is 33.6 Å². The van der Waals surface area contributed by atoms with Crippen molar-refractivity contribution in [2.75, 3.05) is 0 Å². The molecule has 0 aromatic carbocycles. The lowest BCUT2D eigenvalue weighted by Gasteiger charge is -2.69. The van der Waals surface area contributed by atoms with E-state index in [4.69, 9.17) is 6.57 Å². The van der Waals surface area contributed by atoms with Crippen LogP contribution in [0.25, 0.3) is 4.85 Å². The summed E-state index contributed by atoms with van der Waals surface area (Å²) in [6, 6.07) is 0. The summed E-state index contributed by atoms with van der Waals surface area (Å²) in [5.41, 5.74) is -3.39. The van der Waals surface area contributed by atoms with Gasteiger partial charge in [-0.15, -0.1) is 0 Å². The third kappa shape index (κ3) is 4.11. The molecule has 0 heterocycles. The normalized spacial score (nSPS) is 45.4. The number of hydrogen-bond acceptors (Lipinski definition) is 4. The Labute approximate surface area is 241 Å². The van der Waals surface area contributed by atoms with Gasteiger partial charge in [-0.05, 0) is 91.9 Å². The van der Waals surface area contributed by atoms with Crippen molar-refractivity contribution in [1.82, 2.24) is 0 Å². The first-order valence-electron chi connectivity index (χ1n) is 15.1. The van der Waals surface area contributed by atoms with Crippen molar-refractivity contribution in [2.45, 2.75) is 118 Å². The molecule has 0 bridgehead atoms. The molecule has 2 N–H and O–H groups in total. The largest absolute Gasteiger partial charge is 0.521 e. The summed E-state index contributed by atoms with van der Waals surface area (Å²) in [6.07, 6.45) is 0.0131. The number of Topliss-reactive ketones (excluding diaryl/α,β-unsaturated/α-hetero) is 1. The summed E-state index contributed by atoms with van der Waals surface area (Å²) in [6.45, 7) is 19.8. The zero-order valence-corrected chi connectivity index (χ0v) is 25.2. The molecule has 5 aliphatic carbocycles. The van der Waals surface area contributed by atoms with Crippen molar-refractivity contribution in [3.8, 4) is 0 Å². The van der Waals surface area contributed by atoms with Crippen LogP contribution >= 0.6 is 0 Å². The first-order valence-corrected chi connectivity index (χ1v) is 15.1. The Morgan fingerprint density at radius 2 is 1.71 bits per heavy atom. The topological polar surface area (TPSA) is 79.0 Å². The lowest BCUT2D eigenvalue weighted by atomic mass is 9.34. The van der Waals surface area contributed by atoms with Gasteiger partial charge in [0.2, 0.25) is 5.70 Å². The van der Waals surface area contributed by atoms with Gasteiger partial charge in [-0.3, -0.25) is 9.59 Å². The van der Waals surface area contributed by atoms with Gasteiger partial charge >= 0.3 is 6.18 Å². The Morgan fingerprint density at radius 3 is 2.32 bits per heavy atom. The number of carbonyl (C=O) groups is 2. The van der Waals surface area contributed by atoms with Crippen molar-refractivity contribution in [1.29, 1.82) is 0 Å². The second kappa shape index (κ2) is 8.94. The maximum absolute atomic E-state index is 14.4. The minimum atomic E-state index is -4.41. The van der Waals surface area contributed by atoms with E-state index < -0.39 is 52.2 Å². The van der Waals surface area contributed by atoms with Crippen LogP contribution in [0.2, 0.25) is 0 Å². The SMILES string of the molecule is [C-]#[N+]C1=C(O)[C@@](C)(O)[C@@H]2CC[C@]3(C)C(=CC(=O)[C@@H]4[C@@H]5CC(C)(C)CC[C@]5(C(=O)CCC(F)(F)F)CC[C@]43C)[C@@]2(C)C1. The number of halogens is 3. The van der Waals surface area contributed by atoms with Gasteiger partial charge in [0.25, 0.3) is 0 Å². The van der Waals surface area contributed by atoms with Gasteiger partial charge in [-0.25, -0.2) is 4.85 Å². The van der Waals surface area contributed by atoms with Crippen LogP contribution in [0.15, 0.2) is 23.1 Å². The fraction of sp³-hybridized carbons (Fsp3) is 0.788. The number of alkyl halides is 3. The van der Waals surface area contributed by atoms with Gasteiger partial charge < -0.3 is 10.2 Å². The van der Waals surface area contributed by atoms with Crippen LogP contribution in [0.4, 0.5) is 13.2 Å². The minimum absolute atomic E-state index is 0.0833. The predicted octanol–water partition coefficient (Wildman–Crippen LogP) is 7.90. The summed E-state index contributed by atoms with van der Waals surface area (Å²) >= 11 is 0. The molecule has 0 aromatic heterocycles. The van der Waals surface area contributed by atoms with Crippen LogP contribution in [0.3, 0.4) is 0 Å². The molecule has 0 spiro atoms. The Balaban J connectivity index is 1.63. The second-order valence-electron chi connectivity index (χ2n) is 15.6. The molecule has 0 amide bonds. The number of ketones is 2. The van der Waals surface area contributed by atoms with Crippen molar-refractivity contribution in [3.63, 3.8) is 0 Å². The highest BCUT2D eigenvalue weighted by molar-refractivity contribution is 5.97. The first-order chi connectivity index (χ1) is 18.7. The first kappa shape index (κ1) is 30.3. The number of fused-ring (bicyclic) bond motifs is 7. The average molecular weight is 576 g/mol. The van der Waals surface area contributed by atoms with Crippen LogP contribution in [0.1, 0.15) is 106 Å². The number of rotatable bonds is 3. The van der Waals surface area contributed by atoms with Crippen molar-refractivity contribution in [2.24, 2.45) is 44.8 Å². The fourth-order valence-corrected chi connectivity index (χ4v) is 10.5. The monoisotopic (exact) mass is 575 g/mol. The van der Waals surface area contributed by atoms with E-state index in [1.165, 1.54) is 0 Å². The number of allylic oxidation sites excluding steroid dienone is 3. The summed E-state index contributed by atoms with van der Waals surface area (Å²) in [5.74, 6) is -1.92. The van der Waals surface area contributed by atoms with Gasteiger partial charge in [0, 0.05) is 23.7 Å². The van der Waals surface area contributed by atoms with E-state index in [1.807, 2.05) is 6.92 Å². The van der Waals surface area contributed by atoms with Gasteiger partial charge in [0.1, 0.15) is 17.1 Å². The molecule has 8 heteroatoms. The number of aliphatic hydroxyl groups excluding tert-OH is 1. The number of nitrogens with zero attached hydrogens (tertiary/aromatic N) is 1. The summed E-state index contributed by atoms with van der Waals surface area (Å²) < 4.78 is 39.6. The third-order valence-electron chi connectivity index (χ3n) is 13.0. The van der Waals surface area contributed by atoms with E-state index in [1.54, 1.807) is 13.0 Å². The minimum Gasteiger partial charge on any atom is -0.521 e. The average Bonchev–Trinajstić information content (AvgIpc) is 2.85. The van der Waals surface area contributed by atoms with E-state index in [9.17, 15) is 33.0 Å². The van der Waals surface area contributed by atoms with Crippen LogP contribution in [-0.2, 0) is 9.59 Å². The molecule has 0 aromatic rings. The maximum atomic E-state index is 14.4. The van der Waals surface area contributed by atoms with E-state index in [-0.39, 0.29) is 46.7 Å². The van der Waals surface area contributed by atoms with Crippen LogP contribution in [0, 0.1) is 51.4 Å². The van der Waals surface area contributed by atoms with Gasteiger partial charge in [0.05, 0.1) is 13.0 Å². The smallest absolute Gasteiger partial charge is 0.389 e.